The van der Waals surface area contributed by atoms with E-state index in [1.54, 1.807) is 0 Å². The molecule has 4 nitrogen and oxygen atoms in total. The average Bonchev–Trinajstić information content (AvgIpc) is 2.45. The number of ether oxygens (including phenoxy) is 1. The molecule has 0 heterocycles. The standard InChI is InChI=1S/C16H31NO3P2/c1-13(12-18)19-16-9-7-6-8-14(16)10-15(11-17-21-2)20-22(3,4)5/h6-9,13,15,17-18,21-22H,10-12H2,1-5H3/t13-,15?/m1/s1. The SMILES string of the molecule is CPNCC(Cc1ccccc1O[C@H](C)CO)O[PH](C)(C)C. The van der Waals surface area contributed by atoms with Crippen molar-refractivity contribution in [3.63, 3.8) is 0 Å². The minimum atomic E-state index is -1.60. The number of nitrogens with one attached hydrogen (secondary N) is 1. The van der Waals surface area contributed by atoms with E-state index in [0.29, 0.717) is 8.73 Å². The summed E-state index contributed by atoms with van der Waals surface area (Å²) in [5, 5.41) is 12.6. The monoisotopic (exact) mass is 347 g/mol. The molecule has 0 aromatic heterocycles. The maximum absolute atomic E-state index is 9.18. The molecule has 3 atom stereocenters. The number of rotatable bonds is 10. The van der Waals surface area contributed by atoms with Gasteiger partial charge in [0, 0.05) is 0 Å². The molecule has 0 saturated heterocycles. The molecular weight excluding hydrogens is 316 g/mol. The van der Waals surface area contributed by atoms with Crippen LogP contribution in [0.4, 0.5) is 0 Å². The van der Waals surface area contributed by atoms with Crippen LogP contribution in [0.3, 0.4) is 0 Å². The van der Waals surface area contributed by atoms with Crippen molar-refractivity contribution in [2.24, 2.45) is 0 Å². The van der Waals surface area contributed by atoms with E-state index >= 15 is 0 Å². The molecule has 0 amide bonds. The molecule has 22 heavy (non-hydrogen) atoms. The van der Waals surface area contributed by atoms with Crippen LogP contribution in [0, 0.1) is 0 Å². The van der Waals surface area contributed by atoms with Crippen LogP contribution in [0.5, 0.6) is 5.75 Å². The van der Waals surface area contributed by atoms with E-state index in [0.717, 1.165) is 24.3 Å². The van der Waals surface area contributed by atoms with Crippen LogP contribution < -0.4 is 9.82 Å². The summed E-state index contributed by atoms with van der Waals surface area (Å²) in [6.07, 6.45) is 0.761. The van der Waals surface area contributed by atoms with Crippen molar-refractivity contribution in [1.29, 1.82) is 0 Å². The molecule has 6 heteroatoms. The van der Waals surface area contributed by atoms with Gasteiger partial charge in [0.05, 0.1) is 0 Å². The van der Waals surface area contributed by atoms with Crippen LogP contribution in [-0.2, 0) is 10.9 Å². The van der Waals surface area contributed by atoms with Crippen molar-refractivity contribution in [3.05, 3.63) is 29.8 Å². The molecule has 2 N–H and O–H groups in total. The summed E-state index contributed by atoms with van der Waals surface area (Å²) >= 11 is 0. The predicted octanol–water partition coefficient (Wildman–Crippen LogP) is 2.74. The molecule has 0 spiro atoms. The summed E-state index contributed by atoms with van der Waals surface area (Å²) < 4.78 is 12.1. The van der Waals surface area contributed by atoms with Gasteiger partial charge in [0.15, 0.2) is 0 Å². The van der Waals surface area contributed by atoms with Gasteiger partial charge in [-0.25, -0.2) is 0 Å². The normalized spacial score (nSPS) is 15.9. The Morgan fingerprint density at radius 1 is 1.27 bits per heavy atom. The van der Waals surface area contributed by atoms with Crippen molar-refractivity contribution in [2.75, 3.05) is 39.8 Å². The Bertz CT molecular complexity index is 438. The van der Waals surface area contributed by atoms with Gasteiger partial charge in [-0.1, -0.05) is 0 Å². The van der Waals surface area contributed by atoms with E-state index in [9.17, 15) is 5.11 Å². The Morgan fingerprint density at radius 3 is 2.55 bits per heavy atom. The number of hydrogen-bond donors (Lipinski definition) is 2. The molecule has 128 valence electrons. The van der Waals surface area contributed by atoms with E-state index in [1.807, 2.05) is 25.1 Å². The summed E-state index contributed by atoms with van der Waals surface area (Å²) in [4.78, 5) is 0. The summed E-state index contributed by atoms with van der Waals surface area (Å²) in [7, 11) is -0.886. The van der Waals surface area contributed by atoms with Crippen LogP contribution in [0.25, 0.3) is 0 Å². The van der Waals surface area contributed by atoms with Crippen molar-refractivity contribution in [2.45, 2.75) is 25.6 Å². The Kier molecular flexibility index (Phi) is 8.82. The van der Waals surface area contributed by atoms with E-state index in [2.05, 4.69) is 37.8 Å². The first-order valence-corrected chi connectivity index (χ1v) is 12.7. The van der Waals surface area contributed by atoms with Gasteiger partial charge in [-0.05, 0) is 0 Å². The Hall–Kier alpha value is -0.240. The van der Waals surface area contributed by atoms with Gasteiger partial charge in [-0.3, -0.25) is 0 Å². The zero-order chi connectivity index (χ0) is 16.6. The third kappa shape index (κ3) is 7.85. The van der Waals surface area contributed by atoms with Gasteiger partial charge in [0.1, 0.15) is 0 Å². The zero-order valence-corrected chi connectivity index (χ0v) is 16.3. The van der Waals surface area contributed by atoms with Gasteiger partial charge >= 0.3 is 137 Å². The third-order valence-corrected chi connectivity index (χ3v) is 4.63. The molecule has 1 aromatic rings. The van der Waals surface area contributed by atoms with E-state index in [-0.39, 0.29) is 18.8 Å². The van der Waals surface area contributed by atoms with Crippen LogP contribution in [-0.4, -0.2) is 57.1 Å². The molecule has 0 fully saturated rings. The maximum atomic E-state index is 9.18. The Labute approximate surface area is 137 Å². The van der Waals surface area contributed by atoms with Crippen molar-refractivity contribution < 1.29 is 14.4 Å². The van der Waals surface area contributed by atoms with Crippen molar-refractivity contribution in [3.8, 4) is 5.75 Å². The summed E-state index contributed by atoms with van der Waals surface area (Å²) in [5.41, 5.74) is 1.13. The molecule has 0 aliphatic heterocycles. The summed E-state index contributed by atoms with van der Waals surface area (Å²) in [5.74, 6) is 0.840. The molecular formula is C16H31NO3P2. The second-order valence-electron chi connectivity index (χ2n) is 6.41. The molecule has 0 bridgehead atoms. The first-order chi connectivity index (χ1) is 10.4. The van der Waals surface area contributed by atoms with E-state index in [1.165, 1.54) is 0 Å². The molecule has 0 radical (unpaired) electrons. The number of aliphatic hydroxyl groups is 1. The Morgan fingerprint density at radius 2 is 1.95 bits per heavy atom. The molecule has 1 rings (SSSR count). The first kappa shape index (κ1) is 19.8. The van der Waals surface area contributed by atoms with E-state index < -0.39 is 7.49 Å². The van der Waals surface area contributed by atoms with Crippen LogP contribution in [0.2, 0.25) is 0 Å². The number of hydrogen-bond acceptors (Lipinski definition) is 4. The van der Waals surface area contributed by atoms with Crippen molar-refractivity contribution >= 4 is 16.2 Å². The van der Waals surface area contributed by atoms with Gasteiger partial charge in [-0.2, -0.15) is 0 Å². The molecule has 2 unspecified atom stereocenters. The second-order valence-corrected chi connectivity index (χ2v) is 11.7. The fraction of sp³-hybridized carbons (Fsp3) is 0.625. The molecule has 1 aromatic carbocycles. The fourth-order valence-corrected chi connectivity index (χ4v) is 3.76. The van der Waals surface area contributed by atoms with Gasteiger partial charge in [-0.15, -0.1) is 0 Å². The van der Waals surface area contributed by atoms with Gasteiger partial charge < -0.3 is 0 Å². The number of aliphatic hydroxyl groups excluding tert-OH is 1. The Balaban J connectivity index is 2.83. The third-order valence-electron chi connectivity index (χ3n) is 3.03. The number of para-hydroxylation sites is 1. The van der Waals surface area contributed by atoms with Gasteiger partial charge in [0.2, 0.25) is 0 Å². The number of benzene rings is 1. The minimum absolute atomic E-state index is 0.0156. The van der Waals surface area contributed by atoms with Crippen LogP contribution in [0.15, 0.2) is 24.3 Å². The van der Waals surface area contributed by atoms with Crippen LogP contribution in [0.1, 0.15) is 12.5 Å². The second kappa shape index (κ2) is 9.80. The van der Waals surface area contributed by atoms with Gasteiger partial charge in [0.25, 0.3) is 0 Å². The van der Waals surface area contributed by atoms with E-state index in [4.69, 9.17) is 9.26 Å². The summed E-state index contributed by atoms with van der Waals surface area (Å²) in [6.45, 7) is 11.5. The first-order valence-electron chi connectivity index (χ1n) is 7.78. The zero-order valence-electron chi connectivity index (χ0n) is 14.3. The quantitative estimate of drug-likeness (QED) is 0.639. The fourth-order valence-electron chi connectivity index (χ4n) is 2.16. The molecule has 0 aliphatic carbocycles. The van der Waals surface area contributed by atoms with Crippen LogP contribution >= 0.6 is 16.2 Å². The summed E-state index contributed by atoms with van der Waals surface area (Å²) in [6, 6.07) is 8.02. The topological polar surface area (TPSA) is 50.7 Å². The van der Waals surface area contributed by atoms with Crippen molar-refractivity contribution in [1.82, 2.24) is 5.09 Å². The predicted molar refractivity (Wildman–Crippen MR) is 101 cm³/mol. The average molecular weight is 347 g/mol. The molecule has 0 aliphatic rings. The molecule has 0 saturated carbocycles.